The van der Waals surface area contributed by atoms with Gasteiger partial charge in [0.05, 0.1) is 12.7 Å². The normalized spacial score (nSPS) is 11.0. The van der Waals surface area contributed by atoms with E-state index in [0.29, 0.717) is 12.0 Å². The number of amides is 1. The van der Waals surface area contributed by atoms with Gasteiger partial charge in [-0.1, -0.05) is 12.1 Å². The summed E-state index contributed by atoms with van der Waals surface area (Å²) in [6, 6.07) is 10.4. The molecule has 0 saturated heterocycles. The van der Waals surface area contributed by atoms with Gasteiger partial charge in [0, 0.05) is 11.7 Å². The van der Waals surface area contributed by atoms with Crippen molar-refractivity contribution in [2.45, 2.75) is 25.8 Å². The number of benzene rings is 1. The van der Waals surface area contributed by atoms with Gasteiger partial charge in [0.2, 0.25) is 0 Å². The van der Waals surface area contributed by atoms with Crippen molar-refractivity contribution in [3.8, 4) is 5.75 Å². The Morgan fingerprint density at radius 2 is 1.83 bits per heavy atom. The molecule has 0 aliphatic heterocycles. The van der Waals surface area contributed by atoms with Crippen LogP contribution in [0.25, 0.3) is 0 Å². The van der Waals surface area contributed by atoms with Crippen LogP contribution in [0.3, 0.4) is 0 Å². The van der Waals surface area contributed by atoms with E-state index in [0.717, 1.165) is 11.3 Å². The average molecular weight is 328 g/mol. The van der Waals surface area contributed by atoms with E-state index in [4.69, 9.17) is 9.84 Å². The van der Waals surface area contributed by atoms with Crippen LogP contribution in [0.1, 0.15) is 40.3 Å². The molecular weight excluding hydrogens is 308 g/mol. The molecule has 0 aliphatic rings. The Hall–Kier alpha value is -2.89. The molecule has 24 heavy (non-hydrogen) atoms. The van der Waals surface area contributed by atoms with Crippen molar-refractivity contribution in [1.82, 2.24) is 10.3 Å². The van der Waals surface area contributed by atoms with Gasteiger partial charge in [-0.2, -0.15) is 0 Å². The van der Waals surface area contributed by atoms with Gasteiger partial charge in [-0.25, -0.2) is 9.78 Å². The van der Waals surface area contributed by atoms with Crippen LogP contribution in [0.2, 0.25) is 0 Å². The molecule has 0 atom stereocenters. The van der Waals surface area contributed by atoms with Gasteiger partial charge in [0.25, 0.3) is 5.91 Å². The minimum Gasteiger partial charge on any atom is -0.497 e. The largest absolute Gasteiger partial charge is 0.497 e. The number of methoxy groups -OCH3 is 1. The van der Waals surface area contributed by atoms with Crippen molar-refractivity contribution in [3.05, 3.63) is 59.4 Å². The first-order chi connectivity index (χ1) is 11.3. The fourth-order valence-corrected chi connectivity index (χ4v) is 2.33. The van der Waals surface area contributed by atoms with Crippen molar-refractivity contribution >= 4 is 11.9 Å². The first-order valence-electron chi connectivity index (χ1n) is 7.45. The number of nitrogens with zero attached hydrogens (tertiary/aromatic N) is 1. The molecular formula is C18H20N2O4. The first kappa shape index (κ1) is 17.5. The lowest BCUT2D eigenvalue weighted by atomic mass is 9.94. The standard InChI is InChI=1S/C18H20N2O4/c1-18(2,10-12-4-7-14(24-3)8-5-12)20-16(21)13-6-9-15(17(22)23)19-11-13/h4-9,11H,10H2,1-3H3,(H,20,21)(H,22,23). The molecule has 2 rings (SSSR count). The summed E-state index contributed by atoms with van der Waals surface area (Å²) >= 11 is 0. The molecule has 0 fully saturated rings. The highest BCUT2D eigenvalue weighted by atomic mass is 16.5. The lowest BCUT2D eigenvalue weighted by Gasteiger charge is -2.26. The van der Waals surface area contributed by atoms with Crippen molar-refractivity contribution in [3.63, 3.8) is 0 Å². The molecule has 0 saturated carbocycles. The molecule has 1 amide bonds. The molecule has 0 spiro atoms. The van der Waals surface area contributed by atoms with Crippen LogP contribution < -0.4 is 10.1 Å². The molecule has 0 aliphatic carbocycles. The topological polar surface area (TPSA) is 88.5 Å². The number of hydrogen-bond donors (Lipinski definition) is 2. The second-order valence-corrected chi connectivity index (χ2v) is 6.10. The predicted octanol–water partition coefficient (Wildman–Crippen LogP) is 2.54. The van der Waals surface area contributed by atoms with E-state index in [1.165, 1.54) is 18.3 Å². The zero-order valence-electron chi connectivity index (χ0n) is 13.9. The van der Waals surface area contributed by atoms with E-state index in [1.54, 1.807) is 7.11 Å². The number of nitrogens with one attached hydrogen (secondary N) is 1. The van der Waals surface area contributed by atoms with Crippen molar-refractivity contribution in [2.24, 2.45) is 0 Å². The van der Waals surface area contributed by atoms with E-state index < -0.39 is 11.5 Å². The Kier molecular flexibility index (Phi) is 5.18. The highest BCUT2D eigenvalue weighted by molar-refractivity contribution is 5.95. The Bertz CT molecular complexity index is 722. The number of pyridine rings is 1. The second-order valence-electron chi connectivity index (χ2n) is 6.10. The molecule has 126 valence electrons. The minimum absolute atomic E-state index is 0.0935. The van der Waals surface area contributed by atoms with Crippen LogP contribution in [0, 0.1) is 0 Å². The molecule has 6 nitrogen and oxygen atoms in total. The molecule has 1 aromatic heterocycles. The molecule has 0 radical (unpaired) electrons. The highest BCUT2D eigenvalue weighted by Gasteiger charge is 2.22. The summed E-state index contributed by atoms with van der Waals surface area (Å²) in [6.07, 6.45) is 1.91. The van der Waals surface area contributed by atoms with E-state index in [9.17, 15) is 9.59 Å². The molecule has 1 aromatic carbocycles. The maximum atomic E-state index is 12.3. The van der Waals surface area contributed by atoms with E-state index in [-0.39, 0.29) is 11.6 Å². The Labute approximate surface area is 140 Å². The summed E-state index contributed by atoms with van der Waals surface area (Å²) in [6.45, 7) is 3.85. The summed E-state index contributed by atoms with van der Waals surface area (Å²) in [4.78, 5) is 26.9. The highest BCUT2D eigenvalue weighted by Crippen LogP contribution is 2.17. The SMILES string of the molecule is COc1ccc(CC(C)(C)NC(=O)c2ccc(C(=O)O)nc2)cc1. The monoisotopic (exact) mass is 328 g/mol. The Balaban J connectivity index is 2.03. The average Bonchev–Trinajstić information content (AvgIpc) is 2.54. The molecule has 1 heterocycles. The van der Waals surface area contributed by atoms with Crippen LogP contribution in [0.15, 0.2) is 42.6 Å². The zero-order valence-corrected chi connectivity index (χ0v) is 13.9. The van der Waals surface area contributed by atoms with Gasteiger partial charge >= 0.3 is 5.97 Å². The van der Waals surface area contributed by atoms with E-state index in [1.807, 2.05) is 38.1 Å². The summed E-state index contributed by atoms with van der Waals surface area (Å²) in [5, 5.41) is 11.8. The van der Waals surface area contributed by atoms with Crippen LogP contribution >= 0.6 is 0 Å². The number of carbonyl (C=O) groups excluding carboxylic acids is 1. The van der Waals surface area contributed by atoms with Crippen LogP contribution in [0.4, 0.5) is 0 Å². The van der Waals surface area contributed by atoms with Gasteiger partial charge in [0.1, 0.15) is 11.4 Å². The Morgan fingerprint density at radius 1 is 1.17 bits per heavy atom. The maximum absolute atomic E-state index is 12.3. The predicted molar refractivity (Wildman–Crippen MR) is 89.4 cm³/mol. The zero-order chi connectivity index (χ0) is 17.7. The quantitative estimate of drug-likeness (QED) is 0.851. The fourth-order valence-electron chi connectivity index (χ4n) is 2.33. The van der Waals surface area contributed by atoms with Crippen molar-refractivity contribution in [1.29, 1.82) is 0 Å². The van der Waals surface area contributed by atoms with Gasteiger partial charge in [-0.05, 0) is 50.1 Å². The lowest BCUT2D eigenvalue weighted by molar-refractivity contribution is 0.0689. The summed E-state index contributed by atoms with van der Waals surface area (Å²) in [5.74, 6) is -0.634. The molecule has 6 heteroatoms. The Morgan fingerprint density at radius 3 is 2.33 bits per heavy atom. The molecule has 0 bridgehead atoms. The number of hydrogen-bond acceptors (Lipinski definition) is 4. The molecule has 0 unspecified atom stereocenters. The second kappa shape index (κ2) is 7.12. The third kappa shape index (κ3) is 4.55. The van der Waals surface area contributed by atoms with E-state index >= 15 is 0 Å². The van der Waals surface area contributed by atoms with Gasteiger partial charge in [0.15, 0.2) is 0 Å². The van der Waals surface area contributed by atoms with Crippen LogP contribution in [-0.2, 0) is 6.42 Å². The summed E-state index contributed by atoms with van der Waals surface area (Å²) in [7, 11) is 1.61. The smallest absolute Gasteiger partial charge is 0.354 e. The number of ether oxygens (including phenoxy) is 1. The molecule has 2 aromatic rings. The van der Waals surface area contributed by atoms with Crippen molar-refractivity contribution < 1.29 is 19.4 Å². The third-order valence-corrected chi connectivity index (χ3v) is 3.50. The first-order valence-corrected chi connectivity index (χ1v) is 7.45. The number of aromatic carboxylic acids is 1. The number of aromatic nitrogens is 1. The van der Waals surface area contributed by atoms with Gasteiger partial charge in [-0.3, -0.25) is 4.79 Å². The number of carboxylic acids is 1. The van der Waals surface area contributed by atoms with Gasteiger partial charge in [-0.15, -0.1) is 0 Å². The van der Waals surface area contributed by atoms with E-state index in [2.05, 4.69) is 10.3 Å². The van der Waals surface area contributed by atoms with Gasteiger partial charge < -0.3 is 15.2 Å². The third-order valence-electron chi connectivity index (χ3n) is 3.50. The van der Waals surface area contributed by atoms with Crippen LogP contribution in [0.5, 0.6) is 5.75 Å². The minimum atomic E-state index is -1.12. The number of carbonyl (C=O) groups is 2. The fraction of sp³-hybridized carbons (Fsp3) is 0.278. The summed E-state index contributed by atoms with van der Waals surface area (Å²) in [5.41, 5.74) is 0.823. The molecule has 2 N–H and O–H groups in total. The summed E-state index contributed by atoms with van der Waals surface area (Å²) < 4.78 is 5.13. The van der Waals surface area contributed by atoms with Crippen molar-refractivity contribution in [2.75, 3.05) is 7.11 Å². The number of carboxylic acid groups (broad SMARTS) is 1. The number of rotatable bonds is 6. The lowest BCUT2D eigenvalue weighted by Crippen LogP contribution is -2.45. The maximum Gasteiger partial charge on any atom is 0.354 e. The van der Waals surface area contributed by atoms with Crippen LogP contribution in [-0.4, -0.2) is 34.6 Å².